The molecule has 0 amide bonds. The van der Waals surface area contributed by atoms with Crippen LogP contribution >= 0.6 is 0 Å². The molecule has 2 nitrogen and oxygen atoms in total. The van der Waals surface area contributed by atoms with Crippen LogP contribution in [0.1, 0.15) is 109 Å². The molecule has 3 aromatic carbocycles. The largest absolute Gasteiger partial charge is 0.301 e. The van der Waals surface area contributed by atoms with Crippen LogP contribution in [0.25, 0.3) is 33.3 Å². The summed E-state index contributed by atoms with van der Waals surface area (Å²) in [6.07, 6.45) is 0. The molecule has 0 atom stereocenters. The summed E-state index contributed by atoms with van der Waals surface area (Å²) in [5.74, 6) is 0. The number of fused-ring (bicyclic) bond motifs is 1. The van der Waals surface area contributed by atoms with Crippen LogP contribution < -0.4 is 0 Å². The Kier molecular flexibility index (Phi) is 10.6. The Morgan fingerprint density at radius 2 is 0.681 bits per heavy atom. The normalized spacial score (nSPS) is 11.4. The zero-order chi connectivity index (χ0) is 38.7. The summed E-state index contributed by atoms with van der Waals surface area (Å²) in [5, 5.41) is 2.67. The minimum absolute atomic E-state index is 0. The van der Waals surface area contributed by atoms with E-state index in [0.29, 0.717) is 0 Å². The van der Waals surface area contributed by atoms with Crippen molar-refractivity contribution in [3.05, 3.63) is 113 Å². The molecule has 0 bridgehead atoms. The second kappa shape index (κ2) is 14.2. The molecule has 0 fully saturated rings. The van der Waals surface area contributed by atoms with Gasteiger partial charge in [-0.2, -0.15) is 0 Å². The Labute approximate surface area is 308 Å². The van der Waals surface area contributed by atoms with Crippen molar-refractivity contribution in [2.75, 3.05) is 0 Å². The van der Waals surface area contributed by atoms with Crippen LogP contribution in [0.15, 0.2) is 0 Å². The van der Waals surface area contributed by atoms with E-state index in [1.807, 2.05) is 0 Å². The van der Waals surface area contributed by atoms with Gasteiger partial charge in [0.1, 0.15) is 0 Å². The monoisotopic (exact) mass is 817 g/mol. The van der Waals surface area contributed by atoms with E-state index in [-0.39, 0.29) is 23.0 Å². The Hall–Kier alpha value is -3.13. The van der Waals surface area contributed by atoms with Gasteiger partial charge < -0.3 is 9.97 Å². The second-order valence-electron chi connectivity index (χ2n) is 13.8. The van der Waals surface area contributed by atoms with Crippen molar-refractivity contribution < 1.29 is 28.9 Å². The fourth-order valence-corrected chi connectivity index (χ4v) is 6.78. The summed E-state index contributed by atoms with van der Waals surface area (Å²) in [5.41, 5.74) is 27.8. The van der Waals surface area contributed by atoms with E-state index in [1.165, 1.54) is 99.8 Å². The van der Waals surface area contributed by atoms with Crippen molar-refractivity contribution in [1.29, 1.82) is 0 Å². The molecule has 0 saturated carbocycles. The summed E-state index contributed by atoms with van der Waals surface area (Å²) in [7, 11) is 0. The molecule has 0 aliphatic carbocycles. The van der Waals surface area contributed by atoms with Gasteiger partial charge in [-0.25, -0.2) is 0 Å². The SMILES string of the molecule is Cc1[c-]c(-c2nc(C)c(C)c(C)c2C)c(C)c(C)c1C.Cc1[c-]c(-c2nc(C)c(C)c3c(C)c(C)c(C)c(C)c23)c(C)c(C)c1C.[2HH].[2HH].[2H][2H].[2H][2H].[Ir]. The average molecular weight is 817 g/mol. The Morgan fingerprint density at radius 1 is 0.340 bits per heavy atom. The summed E-state index contributed by atoms with van der Waals surface area (Å²) in [6, 6.07) is 7.21. The van der Waals surface area contributed by atoms with E-state index >= 15 is 0 Å². The molecule has 5 aromatic rings. The van der Waals surface area contributed by atoms with Crippen LogP contribution in [-0.4, -0.2) is 9.97 Å². The molecule has 0 spiro atoms. The molecule has 0 unspecified atom stereocenters. The van der Waals surface area contributed by atoms with E-state index in [0.717, 1.165) is 33.9 Å². The van der Waals surface area contributed by atoms with Crippen LogP contribution in [0.2, 0.25) is 0 Å². The molecular formula is C44H62IrN2-2. The maximum Gasteiger partial charge on any atom is 0.0301 e. The van der Waals surface area contributed by atoms with Crippen molar-refractivity contribution in [2.24, 2.45) is 0 Å². The minimum Gasteiger partial charge on any atom is -0.301 e. The van der Waals surface area contributed by atoms with Gasteiger partial charge in [0.25, 0.3) is 0 Å². The van der Waals surface area contributed by atoms with Gasteiger partial charge in [-0.15, -0.1) is 67.8 Å². The quantitative estimate of drug-likeness (QED) is 0.166. The predicted octanol–water partition coefficient (Wildman–Crippen LogP) is 12.8. The van der Waals surface area contributed by atoms with E-state index in [2.05, 4.69) is 137 Å². The first-order chi connectivity index (χ1) is 23.3. The zero-order valence-corrected chi connectivity index (χ0v) is 34.6. The number of rotatable bonds is 2. The van der Waals surface area contributed by atoms with Crippen LogP contribution in [0.3, 0.4) is 0 Å². The van der Waals surface area contributed by atoms with E-state index in [1.54, 1.807) is 0 Å². The number of aryl methyl sites for hydroxylation is 7. The van der Waals surface area contributed by atoms with Crippen LogP contribution in [-0.2, 0) is 20.1 Å². The number of aromatic nitrogens is 2. The van der Waals surface area contributed by atoms with Gasteiger partial charge in [0, 0.05) is 40.3 Å². The number of hydrogen-bond acceptors (Lipinski definition) is 2. The maximum atomic E-state index is 5.09. The van der Waals surface area contributed by atoms with E-state index in [4.69, 9.17) is 15.9 Å². The topological polar surface area (TPSA) is 25.8 Å². The van der Waals surface area contributed by atoms with Crippen LogP contribution in [0, 0.1) is 137 Å². The first-order valence-electron chi connectivity index (χ1n) is 18.6. The van der Waals surface area contributed by atoms with Crippen molar-refractivity contribution in [3.63, 3.8) is 0 Å². The Morgan fingerprint density at radius 3 is 1.15 bits per heavy atom. The fourth-order valence-electron chi connectivity index (χ4n) is 6.78. The molecule has 1 radical (unpaired) electrons. The number of benzene rings is 3. The Balaban J connectivity index is 0. The molecule has 47 heavy (non-hydrogen) atoms. The molecule has 2 heterocycles. The van der Waals surface area contributed by atoms with Gasteiger partial charge in [-0.05, 0) is 125 Å². The molecule has 0 aliphatic rings. The third-order valence-corrected chi connectivity index (χ3v) is 11.6. The predicted molar refractivity (Wildman–Crippen MR) is 208 cm³/mol. The van der Waals surface area contributed by atoms with Gasteiger partial charge in [0.2, 0.25) is 0 Å². The standard InChI is InChI=1S/C25H30N.C19H24N.Ir.4H2/c1-12-11-22(17(6)14(3)13(12)2)25-24-19(8)16(5)15(4)18(7)23(24)20(9)21(10)26-25;1-10-9-18(15(6)12(3)11(10)2)19-16(7)13(4)14(5)17(8)20-19;;;;;/h1-10H3;1-8H3;;4*1H/q2*-1;;;;;/i;;;2*1+1D;2*1+1. The first-order valence-corrected chi connectivity index (χ1v) is 16.6. The molecule has 2 aromatic heterocycles. The van der Waals surface area contributed by atoms with Crippen molar-refractivity contribution in [2.45, 2.75) is 125 Å². The first kappa shape index (κ1) is 35.2. The molecule has 3 heteroatoms. The smallest absolute Gasteiger partial charge is 0.0301 e. The van der Waals surface area contributed by atoms with Crippen molar-refractivity contribution in [3.8, 4) is 22.5 Å². The summed E-state index contributed by atoms with van der Waals surface area (Å²) >= 11 is 0. The van der Waals surface area contributed by atoms with Gasteiger partial charge >= 0.3 is 0 Å². The van der Waals surface area contributed by atoms with E-state index < -0.39 is 0 Å². The van der Waals surface area contributed by atoms with Gasteiger partial charge in [-0.3, -0.25) is 0 Å². The van der Waals surface area contributed by atoms with E-state index in [9.17, 15) is 0 Å². The third kappa shape index (κ3) is 6.51. The second-order valence-corrected chi connectivity index (χ2v) is 13.8. The van der Waals surface area contributed by atoms with Gasteiger partial charge in [-0.1, -0.05) is 66.5 Å². The molecular weight excluding hydrogens is 749 g/mol. The molecule has 0 aliphatic heterocycles. The summed E-state index contributed by atoms with van der Waals surface area (Å²) < 4.78 is 20.0. The van der Waals surface area contributed by atoms with Gasteiger partial charge in [0.05, 0.1) is 0 Å². The molecule has 0 N–H and O–H groups in total. The maximum absolute atomic E-state index is 5.09. The molecule has 0 saturated heterocycles. The Bertz CT molecular complexity index is 2030. The number of pyridine rings is 2. The molecule has 5 rings (SSSR count). The number of hydrogen-bond donors (Lipinski definition) is 0. The zero-order valence-electron chi connectivity index (χ0n) is 36.2. The van der Waals surface area contributed by atoms with Crippen LogP contribution in [0.5, 0.6) is 0 Å². The number of nitrogens with zero attached hydrogens (tertiary/aromatic N) is 2. The van der Waals surface area contributed by atoms with Gasteiger partial charge in [0.15, 0.2) is 0 Å². The summed E-state index contributed by atoms with van der Waals surface area (Å²) in [6.45, 7) is 39.3. The molecule has 259 valence electrons. The minimum atomic E-state index is 0. The average Bonchev–Trinajstić information content (AvgIpc) is 3.11. The summed E-state index contributed by atoms with van der Waals surface area (Å²) in [4.78, 5) is 9.93. The van der Waals surface area contributed by atoms with Crippen molar-refractivity contribution >= 4 is 10.8 Å². The van der Waals surface area contributed by atoms with Crippen molar-refractivity contribution in [1.82, 2.24) is 9.97 Å². The fraction of sp³-hybridized carbons (Fsp3) is 0.409. The third-order valence-electron chi connectivity index (χ3n) is 11.6. The van der Waals surface area contributed by atoms with Crippen LogP contribution in [0.4, 0.5) is 0 Å².